The molecule has 0 aliphatic carbocycles. The second-order valence-corrected chi connectivity index (χ2v) is 4.52. The number of benzene rings is 1. The lowest BCUT2D eigenvalue weighted by Crippen LogP contribution is -2.03. The first-order chi connectivity index (χ1) is 8.08. The van der Waals surface area contributed by atoms with Crippen molar-refractivity contribution in [2.45, 2.75) is 12.5 Å². The molecule has 90 valence electrons. The SMILES string of the molecule is Nc1[nH]ncc1C(O)Cc1ccc(Cl)c(Cl)c1. The van der Waals surface area contributed by atoms with Gasteiger partial charge in [0.05, 0.1) is 22.3 Å². The van der Waals surface area contributed by atoms with Gasteiger partial charge in [-0.15, -0.1) is 0 Å². The van der Waals surface area contributed by atoms with Crippen molar-refractivity contribution in [1.29, 1.82) is 0 Å². The number of anilines is 1. The van der Waals surface area contributed by atoms with Gasteiger partial charge in [-0.25, -0.2) is 0 Å². The van der Waals surface area contributed by atoms with E-state index in [0.717, 1.165) is 5.56 Å². The lowest BCUT2D eigenvalue weighted by atomic mass is 10.0. The van der Waals surface area contributed by atoms with E-state index in [9.17, 15) is 5.11 Å². The molecule has 0 amide bonds. The van der Waals surface area contributed by atoms with Crippen LogP contribution in [0.15, 0.2) is 24.4 Å². The van der Waals surface area contributed by atoms with Gasteiger partial charge >= 0.3 is 0 Å². The van der Waals surface area contributed by atoms with Crippen LogP contribution in [-0.4, -0.2) is 15.3 Å². The number of nitrogen functional groups attached to an aromatic ring is 1. The number of rotatable bonds is 3. The highest BCUT2D eigenvalue weighted by Crippen LogP contribution is 2.26. The fourth-order valence-electron chi connectivity index (χ4n) is 1.57. The van der Waals surface area contributed by atoms with Crippen molar-refractivity contribution in [2.24, 2.45) is 0 Å². The van der Waals surface area contributed by atoms with Gasteiger partial charge in [0.25, 0.3) is 0 Å². The van der Waals surface area contributed by atoms with Crippen LogP contribution in [-0.2, 0) is 6.42 Å². The molecule has 0 bridgehead atoms. The molecule has 2 aromatic rings. The number of nitrogens with zero attached hydrogens (tertiary/aromatic N) is 1. The van der Waals surface area contributed by atoms with Crippen LogP contribution in [0.3, 0.4) is 0 Å². The summed E-state index contributed by atoms with van der Waals surface area (Å²) < 4.78 is 0. The number of aliphatic hydroxyl groups excluding tert-OH is 1. The van der Waals surface area contributed by atoms with Gasteiger partial charge in [0.1, 0.15) is 5.82 Å². The molecule has 2 rings (SSSR count). The van der Waals surface area contributed by atoms with Crippen LogP contribution in [0.25, 0.3) is 0 Å². The van der Waals surface area contributed by atoms with Crippen molar-refractivity contribution >= 4 is 29.0 Å². The number of nitrogens with two attached hydrogens (primary N) is 1. The van der Waals surface area contributed by atoms with Gasteiger partial charge in [-0.3, -0.25) is 5.10 Å². The molecule has 6 heteroatoms. The molecular weight excluding hydrogens is 261 g/mol. The van der Waals surface area contributed by atoms with Crippen molar-refractivity contribution in [3.63, 3.8) is 0 Å². The molecule has 4 N–H and O–H groups in total. The molecular formula is C11H11Cl2N3O. The maximum atomic E-state index is 9.99. The summed E-state index contributed by atoms with van der Waals surface area (Å²) in [4.78, 5) is 0. The van der Waals surface area contributed by atoms with E-state index in [4.69, 9.17) is 28.9 Å². The standard InChI is InChI=1S/C11H11Cl2N3O/c12-8-2-1-6(3-9(8)13)4-10(17)7-5-15-16-11(7)14/h1-3,5,10,17H,4H2,(H3,14,15,16). The number of aromatic nitrogens is 2. The fourth-order valence-corrected chi connectivity index (χ4v) is 1.89. The van der Waals surface area contributed by atoms with Crippen LogP contribution in [0.1, 0.15) is 17.2 Å². The van der Waals surface area contributed by atoms with Crippen molar-refractivity contribution in [2.75, 3.05) is 5.73 Å². The number of aromatic amines is 1. The zero-order chi connectivity index (χ0) is 12.4. The molecule has 1 atom stereocenters. The van der Waals surface area contributed by atoms with E-state index in [2.05, 4.69) is 10.2 Å². The Morgan fingerprint density at radius 1 is 1.35 bits per heavy atom. The molecule has 1 aromatic carbocycles. The Bertz CT molecular complexity index is 527. The molecule has 0 spiro atoms. The minimum Gasteiger partial charge on any atom is -0.388 e. The molecule has 1 unspecified atom stereocenters. The first-order valence-electron chi connectivity index (χ1n) is 4.98. The van der Waals surface area contributed by atoms with Crippen LogP contribution in [0.5, 0.6) is 0 Å². The Labute approximate surface area is 108 Å². The van der Waals surface area contributed by atoms with E-state index in [-0.39, 0.29) is 0 Å². The number of hydrogen-bond acceptors (Lipinski definition) is 3. The van der Waals surface area contributed by atoms with E-state index in [1.165, 1.54) is 6.20 Å². The monoisotopic (exact) mass is 271 g/mol. The number of aliphatic hydroxyl groups is 1. The zero-order valence-electron chi connectivity index (χ0n) is 8.82. The highest BCUT2D eigenvalue weighted by atomic mass is 35.5. The second-order valence-electron chi connectivity index (χ2n) is 3.71. The van der Waals surface area contributed by atoms with Gasteiger partial charge in [-0.1, -0.05) is 29.3 Å². The molecule has 1 aromatic heterocycles. The van der Waals surface area contributed by atoms with Crippen LogP contribution in [0, 0.1) is 0 Å². The average molecular weight is 272 g/mol. The highest BCUT2D eigenvalue weighted by Gasteiger charge is 2.14. The van der Waals surface area contributed by atoms with E-state index in [0.29, 0.717) is 27.8 Å². The van der Waals surface area contributed by atoms with Crippen LogP contribution in [0.2, 0.25) is 10.0 Å². The van der Waals surface area contributed by atoms with Crippen LogP contribution < -0.4 is 5.73 Å². The van der Waals surface area contributed by atoms with E-state index >= 15 is 0 Å². The number of nitrogens with one attached hydrogen (secondary N) is 1. The van der Waals surface area contributed by atoms with Crippen molar-refractivity contribution < 1.29 is 5.11 Å². The Kier molecular flexibility index (Phi) is 3.57. The Hall–Kier alpha value is -1.23. The summed E-state index contributed by atoms with van der Waals surface area (Å²) in [6.07, 6.45) is 1.20. The smallest absolute Gasteiger partial charge is 0.124 e. The lowest BCUT2D eigenvalue weighted by Gasteiger charge is -2.10. The maximum absolute atomic E-state index is 9.99. The van der Waals surface area contributed by atoms with E-state index < -0.39 is 6.10 Å². The lowest BCUT2D eigenvalue weighted by molar-refractivity contribution is 0.179. The van der Waals surface area contributed by atoms with Gasteiger partial charge in [-0.05, 0) is 17.7 Å². The summed E-state index contributed by atoms with van der Waals surface area (Å²) in [7, 11) is 0. The molecule has 0 saturated heterocycles. The van der Waals surface area contributed by atoms with Gasteiger partial charge < -0.3 is 10.8 Å². The minimum atomic E-state index is -0.717. The maximum Gasteiger partial charge on any atom is 0.124 e. The normalized spacial score (nSPS) is 12.6. The summed E-state index contributed by atoms with van der Waals surface area (Å²) >= 11 is 11.7. The first-order valence-corrected chi connectivity index (χ1v) is 5.74. The largest absolute Gasteiger partial charge is 0.388 e. The molecule has 0 saturated carbocycles. The third-order valence-electron chi connectivity index (χ3n) is 2.47. The van der Waals surface area contributed by atoms with Crippen LogP contribution in [0.4, 0.5) is 5.82 Å². The Balaban J connectivity index is 2.16. The third-order valence-corrected chi connectivity index (χ3v) is 3.21. The number of hydrogen-bond donors (Lipinski definition) is 3. The van der Waals surface area contributed by atoms with Gasteiger partial charge in [0.2, 0.25) is 0 Å². The number of halogens is 2. The third kappa shape index (κ3) is 2.72. The molecule has 0 fully saturated rings. The van der Waals surface area contributed by atoms with Crippen molar-refractivity contribution in [1.82, 2.24) is 10.2 Å². The van der Waals surface area contributed by atoms with Gasteiger partial charge in [0, 0.05) is 12.0 Å². The van der Waals surface area contributed by atoms with Gasteiger partial charge in [-0.2, -0.15) is 5.10 Å². The van der Waals surface area contributed by atoms with E-state index in [1.807, 2.05) is 6.07 Å². The highest BCUT2D eigenvalue weighted by molar-refractivity contribution is 6.42. The van der Waals surface area contributed by atoms with Gasteiger partial charge in [0.15, 0.2) is 0 Å². The summed E-state index contributed by atoms with van der Waals surface area (Å²) in [5.41, 5.74) is 7.09. The quantitative estimate of drug-likeness (QED) is 0.803. The molecule has 17 heavy (non-hydrogen) atoms. The fraction of sp³-hybridized carbons (Fsp3) is 0.182. The number of H-pyrrole nitrogens is 1. The first kappa shape index (κ1) is 12.2. The summed E-state index contributed by atoms with van der Waals surface area (Å²) in [5, 5.41) is 17.3. The molecule has 1 heterocycles. The summed E-state index contributed by atoms with van der Waals surface area (Å²) in [6.45, 7) is 0. The average Bonchev–Trinajstić information content (AvgIpc) is 2.70. The minimum absolute atomic E-state index is 0.373. The summed E-state index contributed by atoms with van der Waals surface area (Å²) in [5.74, 6) is 0.373. The molecule has 4 nitrogen and oxygen atoms in total. The van der Waals surface area contributed by atoms with Crippen LogP contribution >= 0.6 is 23.2 Å². The summed E-state index contributed by atoms with van der Waals surface area (Å²) in [6, 6.07) is 5.24. The van der Waals surface area contributed by atoms with Crippen molar-refractivity contribution in [3.05, 3.63) is 45.6 Å². The van der Waals surface area contributed by atoms with E-state index in [1.54, 1.807) is 12.1 Å². The Morgan fingerprint density at radius 3 is 2.71 bits per heavy atom. The topological polar surface area (TPSA) is 74.9 Å². The predicted molar refractivity (Wildman–Crippen MR) is 68.1 cm³/mol. The molecule has 0 aliphatic rings. The zero-order valence-corrected chi connectivity index (χ0v) is 10.3. The Morgan fingerprint density at radius 2 is 2.12 bits per heavy atom. The molecule has 0 radical (unpaired) electrons. The van der Waals surface area contributed by atoms with Crippen molar-refractivity contribution in [3.8, 4) is 0 Å². The second kappa shape index (κ2) is 4.96. The predicted octanol–water partition coefficient (Wildman–Crippen LogP) is 2.57. The molecule has 0 aliphatic heterocycles.